The zero-order valence-corrected chi connectivity index (χ0v) is 9.87. The normalized spacial score (nSPS) is 30.6. The van der Waals surface area contributed by atoms with Crippen LogP contribution in [0.2, 0.25) is 0 Å². The minimum absolute atomic E-state index is 0.193. The first-order chi connectivity index (χ1) is 6.63. The van der Waals surface area contributed by atoms with Gasteiger partial charge in [-0.2, -0.15) is 0 Å². The number of aliphatic hydroxyl groups is 1. The van der Waals surface area contributed by atoms with Crippen molar-refractivity contribution in [2.75, 3.05) is 13.6 Å². The van der Waals surface area contributed by atoms with Gasteiger partial charge in [0.15, 0.2) is 0 Å². The lowest BCUT2D eigenvalue weighted by Gasteiger charge is -2.35. The Balaban J connectivity index is 2.35. The van der Waals surface area contributed by atoms with Gasteiger partial charge in [0.05, 0.1) is 6.10 Å². The van der Waals surface area contributed by atoms with Crippen LogP contribution < -0.4 is 0 Å². The van der Waals surface area contributed by atoms with Crippen molar-refractivity contribution in [3.63, 3.8) is 0 Å². The van der Waals surface area contributed by atoms with Gasteiger partial charge in [-0.15, -0.1) is 0 Å². The average Bonchev–Trinajstić information content (AvgIpc) is 2.17. The zero-order valence-electron chi connectivity index (χ0n) is 9.87. The molecular weight excluding hydrogens is 174 g/mol. The van der Waals surface area contributed by atoms with E-state index in [4.69, 9.17) is 0 Å². The van der Waals surface area contributed by atoms with Crippen LogP contribution in [-0.2, 0) is 0 Å². The van der Waals surface area contributed by atoms with Crippen LogP contribution in [0, 0.1) is 5.92 Å². The van der Waals surface area contributed by atoms with E-state index in [1.54, 1.807) is 0 Å². The second-order valence-electron chi connectivity index (χ2n) is 4.88. The highest BCUT2D eigenvalue weighted by Gasteiger charge is 2.24. The van der Waals surface area contributed by atoms with Crippen LogP contribution in [0.3, 0.4) is 0 Å². The highest BCUT2D eigenvalue weighted by Crippen LogP contribution is 2.29. The molecular formula is C12H25NO. The van der Waals surface area contributed by atoms with Crippen molar-refractivity contribution in [1.82, 2.24) is 4.90 Å². The summed E-state index contributed by atoms with van der Waals surface area (Å²) in [6, 6.07) is 0.711. The molecule has 0 heterocycles. The van der Waals surface area contributed by atoms with Crippen LogP contribution in [0.4, 0.5) is 0 Å². The van der Waals surface area contributed by atoms with Gasteiger partial charge in [0, 0.05) is 12.6 Å². The first-order valence-electron chi connectivity index (χ1n) is 6.01. The quantitative estimate of drug-likeness (QED) is 0.751. The van der Waals surface area contributed by atoms with Crippen LogP contribution in [0.5, 0.6) is 0 Å². The van der Waals surface area contributed by atoms with Crippen LogP contribution in [0.15, 0.2) is 0 Å². The maximum atomic E-state index is 9.33. The molecule has 1 saturated carbocycles. The third kappa shape index (κ3) is 3.58. The Morgan fingerprint density at radius 2 is 2.14 bits per heavy atom. The van der Waals surface area contributed by atoms with E-state index in [0.29, 0.717) is 6.04 Å². The summed E-state index contributed by atoms with van der Waals surface area (Å²) in [7, 11) is 2.15. The highest BCUT2D eigenvalue weighted by atomic mass is 16.3. The molecule has 0 aromatic carbocycles. The van der Waals surface area contributed by atoms with Crippen molar-refractivity contribution < 1.29 is 5.11 Å². The Bertz CT molecular complexity index is 158. The van der Waals surface area contributed by atoms with Gasteiger partial charge in [-0.25, -0.2) is 0 Å². The third-order valence-corrected chi connectivity index (χ3v) is 3.51. The first kappa shape index (κ1) is 12.0. The lowest BCUT2D eigenvalue weighted by molar-refractivity contribution is 0.0902. The summed E-state index contributed by atoms with van der Waals surface area (Å²) in [5.74, 6) is 0.921. The van der Waals surface area contributed by atoms with Crippen LogP contribution >= 0.6 is 0 Å². The van der Waals surface area contributed by atoms with E-state index in [9.17, 15) is 5.11 Å². The van der Waals surface area contributed by atoms with Crippen LogP contribution in [0.1, 0.15) is 46.0 Å². The molecule has 0 saturated heterocycles. The maximum Gasteiger partial charge on any atom is 0.0639 e. The van der Waals surface area contributed by atoms with Gasteiger partial charge in [0.25, 0.3) is 0 Å². The highest BCUT2D eigenvalue weighted by molar-refractivity contribution is 4.79. The molecule has 0 aromatic rings. The molecule has 1 fully saturated rings. The van der Waals surface area contributed by atoms with Gasteiger partial charge in [-0.3, -0.25) is 0 Å². The van der Waals surface area contributed by atoms with Gasteiger partial charge in [-0.1, -0.05) is 26.2 Å². The molecule has 14 heavy (non-hydrogen) atoms. The van der Waals surface area contributed by atoms with Gasteiger partial charge in [0.2, 0.25) is 0 Å². The summed E-state index contributed by atoms with van der Waals surface area (Å²) in [5.41, 5.74) is 0. The summed E-state index contributed by atoms with van der Waals surface area (Å²) >= 11 is 0. The number of aliphatic hydroxyl groups excluding tert-OH is 1. The van der Waals surface area contributed by atoms with Crippen LogP contribution in [0.25, 0.3) is 0 Å². The smallest absolute Gasteiger partial charge is 0.0639 e. The summed E-state index contributed by atoms with van der Waals surface area (Å²) < 4.78 is 0. The van der Waals surface area contributed by atoms with Gasteiger partial charge in [-0.05, 0) is 32.7 Å². The van der Waals surface area contributed by atoms with Crippen molar-refractivity contribution in [3.05, 3.63) is 0 Å². The number of hydrogen-bond acceptors (Lipinski definition) is 2. The van der Waals surface area contributed by atoms with Crippen molar-refractivity contribution >= 4 is 0 Å². The van der Waals surface area contributed by atoms with E-state index in [1.807, 2.05) is 6.92 Å². The molecule has 0 spiro atoms. The minimum atomic E-state index is -0.193. The molecule has 0 radical (unpaired) electrons. The standard InChI is InChI=1S/C12H25NO/c1-4-11-6-5-7-12(8-11)13(3)9-10(2)14/h10-12,14H,4-9H2,1-3H3. The summed E-state index contributed by atoms with van der Waals surface area (Å²) in [6.45, 7) is 4.99. The fraction of sp³-hybridized carbons (Fsp3) is 1.00. The van der Waals surface area contributed by atoms with Gasteiger partial charge >= 0.3 is 0 Å². The Hall–Kier alpha value is -0.0800. The molecule has 84 valence electrons. The molecule has 2 nitrogen and oxygen atoms in total. The Morgan fingerprint density at radius 1 is 1.43 bits per heavy atom. The zero-order chi connectivity index (χ0) is 10.6. The number of nitrogens with zero attached hydrogens (tertiary/aromatic N) is 1. The Morgan fingerprint density at radius 3 is 2.71 bits per heavy atom. The SMILES string of the molecule is CCC1CCCC(N(C)CC(C)O)C1. The number of hydrogen-bond donors (Lipinski definition) is 1. The van der Waals surface area contributed by atoms with Crippen molar-refractivity contribution in [3.8, 4) is 0 Å². The van der Waals surface area contributed by atoms with Gasteiger partial charge < -0.3 is 10.0 Å². The fourth-order valence-electron chi connectivity index (χ4n) is 2.60. The lowest BCUT2D eigenvalue weighted by Crippen LogP contribution is -2.39. The van der Waals surface area contributed by atoms with Crippen molar-refractivity contribution in [2.45, 2.75) is 58.1 Å². The molecule has 0 aliphatic heterocycles. The monoisotopic (exact) mass is 199 g/mol. The molecule has 1 rings (SSSR count). The second kappa shape index (κ2) is 5.72. The molecule has 0 bridgehead atoms. The summed E-state index contributed by atoms with van der Waals surface area (Å²) in [5, 5.41) is 9.33. The van der Waals surface area contributed by atoms with E-state index < -0.39 is 0 Å². The number of rotatable bonds is 4. The molecule has 1 aliphatic carbocycles. The van der Waals surface area contributed by atoms with E-state index in [2.05, 4.69) is 18.9 Å². The number of likely N-dealkylation sites (N-methyl/N-ethyl adjacent to an activating group) is 1. The lowest BCUT2D eigenvalue weighted by atomic mass is 9.83. The first-order valence-corrected chi connectivity index (χ1v) is 6.01. The largest absolute Gasteiger partial charge is 0.392 e. The third-order valence-electron chi connectivity index (χ3n) is 3.51. The summed E-state index contributed by atoms with van der Waals surface area (Å²) in [6.07, 6.45) is 6.56. The van der Waals surface area contributed by atoms with E-state index in [1.165, 1.54) is 32.1 Å². The predicted molar refractivity (Wildman–Crippen MR) is 60.3 cm³/mol. The Kier molecular flexibility index (Phi) is 4.90. The van der Waals surface area contributed by atoms with Crippen molar-refractivity contribution in [2.24, 2.45) is 5.92 Å². The van der Waals surface area contributed by atoms with E-state index in [-0.39, 0.29) is 6.10 Å². The van der Waals surface area contributed by atoms with Gasteiger partial charge in [0.1, 0.15) is 0 Å². The molecule has 3 atom stereocenters. The fourth-order valence-corrected chi connectivity index (χ4v) is 2.60. The van der Waals surface area contributed by atoms with E-state index in [0.717, 1.165) is 12.5 Å². The predicted octanol–water partition coefficient (Wildman–Crippen LogP) is 2.27. The van der Waals surface area contributed by atoms with E-state index >= 15 is 0 Å². The van der Waals surface area contributed by atoms with Crippen LogP contribution in [-0.4, -0.2) is 35.7 Å². The topological polar surface area (TPSA) is 23.5 Å². The van der Waals surface area contributed by atoms with Crippen molar-refractivity contribution in [1.29, 1.82) is 0 Å². The molecule has 0 amide bonds. The summed E-state index contributed by atoms with van der Waals surface area (Å²) in [4.78, 5) is 2.34. The average molecular weight is 199 g/mol. The molecule has 0 aromatic heterocycles. The second-order valence-corrected chi connectivity index (χ2v) is 4.88. The molecule has 2 heteroatoms. The molecule has 3 unspecified atom stereocenters. The minimum Gasteiger partial charge on any atom is -0.392 e. The molecule has 1 N–H and O–H groups in total. The molecule has 1 aliphatic rings. The Labute approximate surface area is 88.3 Å². The maximum absolute atomic E-state index is 9.33.